The largest absolute Gasteiger partial charge is 0.495 e. The zero-order valence-corrected chi connectivity index (χ0v) is 17.3. The Bertz CT molecular complexity index is 1220. The first-order valence-corrected chi connectivity index (χ1v) is 9.72. The lowest BCUT2D eigenvalue weighted by Crippen LogP contribution is -2.12. The Balaban J connectivity index is 1.44. The van der Waals surface area contributed by atoms with E-state index in [2.05, 4.69) is 10.3 Å². The standard InChI is InChI=1S/C23H20ClN3O3/c1-15-5-4-10-27-13-18(25-22(15)27)14-30-19-7-3-6-16(11-19)23(28)26-17-8-9-21(29-2)20(24)12-17/h3-13H,14H2,1-2H3,(H,26,28). The highest BCUT2D eigenvalue weighted by molar-refractivity contribution is 6.32. The van der Waals surface area contributed by atoms with Crippen molar-refractivity contribution < 1.29 is 14.3 Å². The molecule has 7 heteroatoms. The predicted molar refractivity (Wildman–Crippen MR) is 117 cm³/mol. The van der Waals surface area contributed by atoms with Gasteiger partial charge in [0.25, 0.3) is 5.91 Å². The number of amides is 1. The molecule has 0 fully saturated rings. The van der Waals surface area contributed by atoms with Crippen LogP contribution in [-0.2, 0) is 6.61 Å². The van der Waals surface area contributed by atoms with Crippen LogP contribution in [0.5, 0.6) is 11.5 Å². The van der Waals surface area contributed by atoms with Gasteiger partial charge in [-0.25, -0.2) is 4.98 Å². The number of imidazole rings is 1. The van der Waals surface area contributed by atoms with Crippen LogP contribution in [0.4, 0.5) is 5.69 Å². The molecule has 0 bridgehead atoms. The van der Waals surface area contributed by atoms with Gasteiger partial charge >= 0.3 is 0 Å². The molecule has 30 heavy (non-hydrogen) atoms. The number of nitrogens with one attached hydrogen (secondary N) is 1. The highest BCUT2D eigenvalue weighted by atomic mass is 35.5. The predicted octanol–water partition coefficient (Wildman–Crippen LogP) is 5.14. The first-order valence-electron chi connectivity index (χ1n) is 9.34. The molecule has 1 amide bonds. The highest BCUT2D eigenvalue weighted by Gasteiger charge is 2.10. The Morgan fingerprint density at radius 1 is 1.17 bits per heavy atom. The normalized spacial score (nSPS) is 10.8. The molecular formula is C23H20ClN3O3. The maximum absolute atomic E-state index is 12.6. The van der Waals surface area contributed by atoms with Gasteiger partial charge in [0.15, 0.2) is 0 Å². The molecule has 0 aliphatic carbocycles. The van der Waals surface area contributed by atoms with Crippen LogP contribution >= 0.6 is 11.6 Å². The molecule has 6 nitrogen and oxygen atoms in total. The number of hydrogen-bond acceptors (Lipinski definition) is 4. The van der Waals surface area contributed by atoms with Gasteiger partial charge in [0.2, 0.25) is 0 Å². The van der Waals surface area contributed by atoms with Crippen molar-refractivity contribution in [3.8, 4) is 11.5 Å². The third-order valence-corrected chi connectivity index (χ3v) is 4.92. The molecular weight excluding hydrogens is 402 g/mol. The number of anilines is 1. The second-order valence-electron chi connectivity index (χ2n) is 6.77. The van der Waals surface area contributed by atoms with E-state index >= 15 is 0 Å². The third-order valence-electron chi connectivity index (χ3n) is 4.62. The van der Waals surface area contributed by atoms with Gasteiger partial charge in [-0.1, -0.05) is 23.7 Å². The minimum Gasteiger partial charge on any atom is -0.495 e. The number of rotatable bonds is 6. The Hall–Kier alpha value is -3.51. The number of hydrogen-bond donors (Lipinski definition) is 1. The second-order valence-corrected chi connectivity index (χ2v) is 7.18. The average Bonchev–Trinajstić information content (AvgIpc) is 3.17. The highest BCUT2D eigenvalue weighted by Crippen LogP contribution is 2.27. The molecule has 0 unspecified atom stereocenters. The summed E-state index contributed by atoms with van der Waals surface area (Å²) in [5.74, 6) is 0.876. The van der Waals surface area contributed by atoms with E-state index in [0.29, 0.717) is 34.4 Å². The summed E-state index contributed by atoms with van der Waals surface area (Å²) in [7, 11) is 1.54. The number of aromatic nitrogens is 2. The molecule has 0 spiro atoms. The van der Waals surface area contributed by atoms with Crippen LogP contribution in [-0.4, -0.2) is 22.4 Å². The van der Waals surface area contributed by atoms with Crippen LogP contribution < -0.4 is 14.8 Å². The molecule has 0 saturated carbocycles. The zero-order chi connectivity index (χ0) is 21.1. The minimum atomic E-state index is -0.259. The molecule has 1 N–H and O–H groups in total. The summed E-state index contributed by atoms with van der Waals surface area (Å²) in [6, 6.07) is 16.1. The molecule has 152 valence electrons. The zero-order valence-electron chi connectivity index (χ0n) is 16.6. The molecule has 0 saturated heterocycles. The molecule has 0 aliphatic rings. The van der Waals surface area contributed by atoms with Crippen molar-refractivity contribution in [1.29, 1.82) is 0 Å². The number of carbonyl (C=O) groups is 1. The summed E-state index contributed by atoms with van der Waals surface area (Å²) in [6.45, 7) is 2.32. The van der Waals surface area contributed by atoms with Gasteiger partial charge in [-0.3, -0.25) is 4.79 Å². The van der Waals surface area contributed by atoms with E-state index in [1.54, 1.807) is 43.5 Å². The molecule has 2 heterocycles. The first kappa shape index (κ1) is 19.8. The van der Waals surface area contributed by atoms with Crippen molar-refractivity contribution in [2.45, 2.75) is 13.5 Å². The van der Waals surface area contributed by atoms with Crippen molar-refractivity contribution in [3.63, 3.8) is 0 Å². The van der Waals surface area contributed by atoms with Crippen LogP contribution in [0.15, 0.2) is 67.0 Å². The summed E-state index contributed by atoms with van der Waals surface area (Å²) >= 11 is 6.12. The second kappa shape index (κ2) is 8.47. The van der Waals surface area contributed by atoms with Crippen molar-refractivity contribution >= 4 is 28.8 Å². The summed E-state index contributed by atoms with van der Waals surface area (Å²) < 4.78 is 13.0. The summed E-state index contributed by atoms with van der Waals surface area (Å²) in [6.07, 6.45) is 3.89. The molecule has 0 radical (unpaired) electrons. The van der Waals surface area contributed by atoms with E-state index in [-0.39, 0.29) is 5.91 Å². The van der Waals surface area contributed by atoms with Crippen LogP contribution in [0, 0.1) is 6.92 Å². The fraction of sp³-hybridized carbons (Fsp3) is 0.130. The van der Waals surface area contributed by atoms with E-state index in [9.17, 15) is 4.79 Å². The van der Waals surface area contributed by atoms with Crippen LogP contribution in [0.1, 0.15) is 21.6 Å². The molecule has 0 aliphatic heterocycles. The van der Waals surface area contributed by atoms with Gasteiger partial charge in [0.05, 0.1) is 17.8 Å². The monoisotopic (exact) mass is 421 g/mol. The first-order chi connectivity index (χ1) is 14.5. The molecule has 0 atom stereocenters. The van der Waals surface area contributed by atoms with E-state index in [1.165, 1.54) is 0 Å². The number of methoxy groups -OCH3 is 1. The van der Waals surface area contributed by atoms with Crippen molar-refractivity contribution in [1.82, 2.24) is 9.38 Å². The Morgan fingerprint density at radius 2 is 2.03 bits per heavy atom. The fourth-order valence-electron chi connectivity index (χ4n) is 3.11. The third kappa shape index (κ3) is 4.23. The number of fused-ring (bicyclic) bond motifs is 1. The van der Waals surface area contributed by atoms with Crippen molar-refractivity contribution in [2.24, 2.45) is 0 Å². The lowest BCUT2D eigenvalue weighted by molar-refractivity contribution is 0.102. The van der Waals surface area contributed by atoms with E-state index < -0.39 is 0 Å². The molecule has 4 aromatic rings. The maximum atomic E-state index is 12.6. The summed E-state index contributed by atoms with van der Waals surface area (Å²) in [5.41, 5.74) is 3.87. The average molecular weight is 422 g/mol. The smallest absolute Gasteiger partial charge is 0.255 e. The number of nitrogens with zero attached hydrogens (tertiary/aromatic N) is 2. The number of halogens is 1. The Morgan fingerprint density at radius 3 is 2.80 bits per heavy atom. The summed E-state index contributed by atoms with van der Waals surface area (Å²) in [4.78, 5) is 17.2. The van der Waals surface area contributed by atoms with Crippen LogP contribution in [0.2, 0.25) is 5.02 Å². The fourth-order valence-corrected chi connectivity index (χ4v) is 3.36. The lowest BCUT2D eigenvalue weighted by Gasteiger charge is -2.09. The Labute approximate surface area is 179 Å². The van der Waals surface area contributed by atoms with E-state index in [1.807, 2.05) is 41.9 Å². The van der Waals surface area contributed by atoms with Gasteiger partial charge in [0.1, 0.15) is 23.8 Å². The maximum Gasteiger partial charge on any atom is 0.255 e. The minimum absolute atomic E-state index is 0.259. The number of aryl methyl sites for hydroxylation is 1. The van der Waals surface area contributed by atoms with Gasteiger partial charge in [-0.05, 0) is 55.0 Å². The molecule has 2 aromatic carbocycles. The molecule has 4 rings (SSSR count). The van der Waals surface area contributed by atoms with Gasteiger partial charge in [-0.15, -0.1) is 0 Å². The topological polar surface area (TPSA) is 64.9 Å². The van der Waals surface area contributed by atoms with Gasteiger partial charge < -0.3 is 19.2 Å². The number of ether oxygens (including phenoxy) is 2. The van der Waals surface area contributed by atoms with Crippen molar-refractivity contribution in [2.75, 3.05) is 12.4 Å². The van der Waals surface area contributed by atoms with Crippen LogP contribution in [0.25, 0.3) is 5.65 Å². The summed E-state index contributed by atoms with van der Waals surface area (Å²) in [5, 5.41) is 3.25. The quantitative estimate of drug-likeness (QED) is 0.468. The number of benzene rings is 2. The van der Waals surface area contributed by atoms with Gasteiger partial charge in [-0.2, -0.15) is 0 Å². The number of pyridine rings is 1. The van der Waals surface area contributed by atoms with E-state index in [0.717, 1.165) is 16.9 Å². The van der Waals surface area contributed by atoms with Crippen LogP contribution in [0.3, 0.4) is 0 Å². The Kier molecular flexibility index (Phi) is 5.59. The number of carbonyl (C=O) groups excluding carboxylic acids is 1. The van der Waals surface area contributed by atoms with Crippen molar-refractivity contribution in [3.05, 3.63) is 88.8 Å². The van der Waals surface area contributed by atoms with E-state index in [4.69, 9.17) is 21.1 Å². The lowest BCUT2D eigenvalue weighted by atomic mass is 10.2. The van der Waals surface area contributed by atoms with Gasteiger partial charge in [0, 0.05) is 23.6 Å². The SMILES string of the molecule is COc1ccc(NC(=O)c2cccc(OCc3cn4cccc(C)c4n3)c2)cc1Cl. The molecule has 2 aromatic heterocycles.